The molecule has 4 nitrogen and oxygen atoms in total. The van der Waals surface area contributed by atoms with Crippen LogP contribution in [0.25, 0.3) is 0 Å². The monoisotopic (exact) mass is 343 g/mol. The van der Waals surface area contributed by atoms with Crippen LogP contribution in [-0.2, 0) is 6.54 Å². The van der Waals surface area contributed by atoms with Gasteiger partial charge in [0.25, 0.3) is 0 Å². The molecule has 1 atom stereocenters. The SMILES string of the molecule is C=CCOc1ccccc1CNC(=NC)NCC(C)c1cccs1. The van der Waals surface area contributed by atoms with Gasteiger partial charge >= 0.3 is 0 Å². The van der Waals surface area contributed by atoms with Crippen molar-refractivity contribution in [3.05, 3.63) is 64.9 Å². The third kappa shape index (κ3) is 5.42. The Kier molecular flexibility index (Phi) is 7.36. The standard InChI is InChI=1S/C19H25N3OS/c1-4-11-23-17-9-6-5-8-16(17)14-22-19(20-3)21-13-15(2)18-10-7-12-24-18/h4-10,12,15H,1,11,13-14H2,2-3H3,(H2,20,21,22). The number of nitrogens with zero attached hydrogens (tertiary/aromatic N) is 1. The van der Waals surface area contributed by atoms with Crippen LogP contribution in [0.1, 0.15) is 23.3 Å². The highest BCUT2D eigenvalue weighted by molar-refractivity contribution is 7.10. The highest BCUT2D eigenvalue weighted by Crippen LogP contribution is 2.20. The van der Waals surface area contributed by atoms with Gasteiger partial charge in [-0.3, -0.25) is 4.99 Å². The predicted molar refractivity (Wildman–Crippen MR) is 103 cm³/mol. The van der Waals surface area contributed by atoms with E-state index in [1.165, 1.54) is 4.88 Å². The van der Waals surface area contributed by atoms with Gasteiger partial charge in [0.1, 0.15) is 12.4 Å². The van der Waals surface area contributed by atoms with E-state index in [0.717, 1.165) is 23.8 Å². The second-order valence-corrected chi connectivity index (χ2v) is 6.41. The Labute approximate surface area is 148 Å². The van der Waals surface area contributed by atoms with Crippen LogP contribution in [0.3, 0.4) is 0 Å². The second kappa shape index (κ2) is 9.78. The van der Waals surface area contributed by atoms with Crippen molar-refractivity contribution in [2.24, 2.45) is 4.99 Å². The fraction of sp³-hybridized carbons (Fsp3) is 0.316. The van der Waals surface area contributed by atoms with Gasteiger partial charge in [-0.25, -0.2) is 0 Å². The zero-order valence-corrected chi connectivity index (χ0v) is 15.1. The average molecular weight is 343 g/mol. The number of hydrogen-bond donors (Lipinski definition) is 2. The number of rotatable bonds is 8. The lowest BCUT2D eigenvalue weighted by Gasteiger charge is -2.16. The summed E-state index contributed by atoms with van der Waals surface area (Å²) in [6.45, 7) is 7.90. The number of hydrogen-bond acceptors (Lipinski definition) is 3. The van der Waals surface area contributed by atoms with Crippen molar-refractivity contribution >= 4 is 17.3 Å². The van der Waals surface area contributed by atoms with Crippen molar-refractivity contribution in [1.29, 1.82) is 0 Å². The van der Waals surface area contributed by atoms with Gasteiger partial charge in [-0.05, 0) is 17.5 Å². The summed E-state index contributed by atoms with van der Waals surface area (Å²) < 4.78 is 5.68. The fourth-order valence-electron chi connectivity index (χ4n) is 2.26. The van der Waals surface area contributed by atoms with Crippen LogP contribution >= 0.6 is 11.3 Å². The van der Waals surface area contributed by atoms with Crippen molar-refractivity contribution in [1.82, 2.24) is 10.6 Å². The first-order valence-electron chi connectivity index (χ1n) is 8.04. The normalized spacial score (nSPS) is 12.5. The average Bonchev–Trinajstić information content (AvgIpc) is 3.15. The summed E-state index contributed by atoms with van der Waals surface area (Å²) in [5.74, 6) is 2.11. The number of para-hydroxylation sites is 1. The minimum Gasteiger partial charge on any atom is -0.489 e. The summed E-state index contributed by atoms with van der Waals surface area (Å²) >= 11 is 1.79. The summed E-state index contributed by atoms with van der Waals surface area (Å²) in [5, 5.41) is 8.83. The highest BCUT2D eigenvalue weighted by Gasteiger charge is 2.08. The first kappa shape index (κ1) is 18.1. The fourth-order valence-corrected chi connectivity index (χ4v) is 3.05. The number of ether oxygens (including phenoxy) is 1. The van der Waals surface area contributed by atoms with E-state index in [-0.39, 0.29) is 0 Å². The summed E-state index contributed by atoms with van der Waals surface area (Å²) in [4.78, 5) is 5.67. The van der Waals surface area contributed by atoms with E-state index in [9.17, 15) is 0 Å². The minimum atomic E-state index is 0.451. The maximum atomic E-state index is 5.68. The molecule has 1 unspecified atom stereocenters. The van der Waals surface area contributed by atoms with Crippen LogP contribution in [0, 0.1) is 0 Å². The molecule has 1 aromatic heterocycles. The van der Waals surface area contributed by atoms with Crippen LogP contribution in [-0.4, -0.2) is 26.2 Å². The molecule has 1 heterocycles. The molecule has 0 amide bonds. The third-order valence-electron chi connectivity index (χ3n) is 3.60. The Balaban J connectivity index is 1.86. The van der Waals surface area contributed by atoms with Crippen LogP contribution in [0.2, 0.25) is 0 Å². The number of thiophene rings is 1. The Bertz CT molecular complexity index is 652. The molecule has 0 saturated heterocycles. The third-order valence-corrected chi connectivity index (χ3v) is 4.71. The van der Waals surface area contributed by atoms with E-state index < -0.39 is 0 Å². The van der Waals surface area contributed by atoms with Gasteiger partial charge in [0.2, 0.25) is 0 Å². The number of aliphatic imine (C=N–C) groups is 1. The highest BCUT2D eigenvalue weighted by atomic mass is 32.1. The van der Waals surface area contributed by atoms with Crippen LogP contribution < -0.4 is 15.4 Å². The molecule has 2 aromatic rings. The molecule has 128 valence electrons. The molecule has 5 heteroatoms. The zero-order valence-electron chi connectivity index (χ0n) is 14.3. The molecule has 0 fully saturated rings. The van der Waals surface area contributed by atoms with Gasteiger partial charge in [-0.15, -0.1) is 11.3 Å². The maximum absolute atomic E-state index is 5.68. The number of benzene rings is 1. The Morgan fingerprint density at radius 2 is 2.12 bits per heavy atom. The summed E-state index contributed by atoms with van der Waals surface area (Å²) in [7, 11) is 1.78. The maximum Gasteiger partial charge on any atom is 0.191 e. The van der Waals surface area contributed by atoms with E-state index in [4.69, 9.17) is 4.74 Å². The van der Waals surface area contributed by atoms with Crippen molar-refractivity contribution in [3.63, 3.8) is 0 Å². The van der Waals surface area contributed by atoms with E-state index in [2.05, 4.69) is 46.6 Å². The van der Waals surface area contributed by atoms with Gasteiger partial charge in [-0.2, -0.15) is 0 Å². The lowest BCUT2D eigenvalue weighted by atomic mass is 10.1. The van der Waals surface area contributed by atoms with Crippen LogP contribution in [0.15, 0.2) is 59.4 Å². The second-order valence-electron chi connectivity index (χ2n) is 5.43. The molecule has 2 N–H and O–H groups in total. The summed E-state index contributed by atoms with van der Waals surface area (Å²) in [5.41, 5.74) is 1.09. The molecule has 0 bridgehead atoms. The van der Waals surface area contributed by atoms with Crippen molar-refractivity contribution in [2.45, 2.75) is 19.4 Å². The quantitative estimate of drug-likeness (QED) is 0.435. The first-order chi connectivity index (χ1) is 11.7. The topological polar surface area (TPSA) is 45.6 Å². The lowest BCUT2D eigenvalue weighted by molar-refractivity contribution is 0.358. The van der Waals surface area contributed by atoms with E-state index in [1.54, 1.807) is 24.5 Å². The Hall–Kier alpha value is -2.27. The van der Waals surface area contributed by atoms with Crippen LogP contribution in [0.4, 0.5) is 0 Å². The van der Waals surface area contributed by atoms with Gasteiger partial charge in [0, 0.05) is 36.5 Å². The molecule has 0 saturated carbocycles. The van der Waals surface area contributed by atoms with E-state index >= 15 is 0 Å². The van der Waals surface area contributed by atoms with Gasteiger partial charge < -0.3 is 15.4 Å². The van der Waals surface area contributed by atoms with Gasteiger partial charge in [0.15, 0.2) is 5.96 Å². The van der Waals surface area contributed by atoms with E-state index in [0.29, 0.717) is 19.1 Å². The van der Waals surface area contributed by atoms with Gasteiger partial charge in [0.05, 0.1) is 0 Å². The molecular formula is C19H25N3OS. The number of guanidine groups is 1. The van der Waals surface area contributed by atoms with Crippen molar-refractivity contribution in [2.75, 3.05) is 20.2 Å². The zero-order chi connectivity index (χ0) is 17.2. The minimum absolute atomic E-state index is 0.451. The molecule has 0 radical (unpaired) electrons. The molecule has 2 rings (SSSR count). The molecule has 0 aliphatic rings. The van der Waals surface area contributed by atoms with Crippen LogP contribution in [0.5, 0.6) is 5.75 Å². The smallest absolute Gasteiger partial charge is 0.191 e. The predicted octanol–water partition coefficient (Wildman–Crippen LogP) is 3.78. The summed E-state index contributed by atoms with van der Waals surface area (Å²) in [6, 6.07) is 12.2. The Morgan fingerprint density at radius 3 is 2.83 bits per heavy atom. The molecule has 1 aromatic carbocycles. The number of nitrogens with one attached hydrogen (secondary N) is 2. The Morgan fingerprint density at radius 1 is 1.29 bits per heavy atom. The molecule has 0 aliphatic heterocycles. The molecule has 24 heavy (non-hydrogen) atoms. The van der Waals surface area contributed by atoms with Gasteiger partial charge in [-0.1, -0.05) is 43.8 Å². The molecular weight excluding hydrogens is 318 g/mol. The van der Waals surface area contributed by atoms with Crippen molar-refractivity contribution in [3.8, 4) is 5.75 Å². The lowest BCUT2D eigenvalue weighted by Crippen LogP contribution is -2.38. The first-order valence-corrected chi connectivity index (χ1v) is 8.92. The molecule has 0 aliphatic carbocycles. The van der Waals surface area contributed by atoms with Crippen molar-refractivity contribution < 1.29 is 4.74 Å². The summed E-state index contributed by atoms with van der Waals surface area (Å²) in [6.07, 6.45) is 1.75. The van der Waals surface area contributed by atoms with E-state index in [1.807, 2.05) is 24.3 Å². The molecule has 0 spiro atoms. The largest absolute Gasteiger partial charge is 0.489 e.